The van der Waals surface area contributed by atoms with Crippen molar-refractivity contribution in [3.8, 4) is 5.75 Å². The molecule has 0 saturated heterocycles. The van der Waals surface area contributed by atoms with Gasteiger partial charge < -0.3 is 15.8 Å². The summed E-state index contributed by atoms with van der Waals surface area (Å²) in [4.78, 5) is 11.6. The number of anilines is 1. The second-order valence-electron chi connectivity index (χ2n) is 4.12. The third-order valence-corrected chi connectivity index (χ3v) is 2.45. The Morgan fingerprint density at radius 3 is 2.76 bits per heavy atom. The number of carbonyl (C=O) groups is 1. The Morgan fingerprint density at radius 2 is 2.24 bits per heavy atom. The molecule has 0 heterocycles. The molecule has 1 atom stereocenters. The number of hydrogen-bond acceptors (Lipinski definition) is 3. The van der Waals surface area contributed by atoms with Gasteiger partial charge in [-0.15, -0.1) is 0 Å². The van der Waals surface area contributed by atoms with E-state index < -0.39 is 0 Å². The normalized spacial score (nSPS) is 12.0. The van der Waals surface area contributed by atoms with Gasteiger partial charge in [-0.25, -0.2) is 0 Å². The molecule has 0 aliphatic rings. The third-order valence-electron chi connectivity index (χ3n) is 2.45. The van der Waals surface area contributed by atoms with Gasteiger partial charge in [0, 0.05) is 12.5 Å². The molecule has 94 valence electrons. The van der Waals surface area contributed by atoms with Crippen molar-refractivity contribution in [3.05, 3.63) is 23.8 Å². The molecule has 1 rings (SSSR count). The van der Waals surface area contributed by atoms with Crippen LogP contribution in [0.3, 0.4) is 0 Å². The highest BCUT2D eigenvalue weighted by molar-refractivity contribution is 5.92. The van der Waals surface area contributed by atoms with E-state index in [1.165, 1.54) is 0 Å². The smallest absolute Gasteiger partial charge is 0.226 e. The Morgan fingerprint density at radius 1 is 1.53 bits per heavy atom. The Labute approximate surface area is 102 Å². The summed E-state index contributed by atoms with van der Waals surface area (Å²) in [5.41, 5.74) is 7.44. The summed E-state index contributed by atoms with van der Waals surface area (Å²) in [6, 6.07) is 5.63. The van der Waals surface area contributed by atoms with Crippen LogP contribution in [0.4, 0.5) is 5.69 Å². The molecule has 4 nitrogen and oxygen atoms in total. The molecule has 1 amide bonds. The first-order valence-electron chi connectivity index (χ1n) is 5.79. The second kappa shape index (κ2) is 6.25. The lowest BCUT2D eigenvalue weighted by atomic mass is 10.1. The van der Waals surface area contributed by atoms with Crippen LogP contribution in [0.2, 0.25) is 0 Å². The molecule has 0 radical (unpaired) electrons. The molecular formula is C13H20N2O2. The lowest BCUT2D eigenvalue weighted by Gasteiger charge is -2.12. The standard InChI is InChI=1S/C13H20N2O2/c1-4-10-5-6-12(17-3)11(8-10)15-13(16)7-9(2)14/h5-6,8-9H,4,7,14H2,1-3H3,(H,15,16). The van der Waals surface area contributed by atoms with E-state index in [1.807, 2.05) is 18.2 Å². The highest BCUT2D eigenvalue weighted by Gasteiger charge is 2.09. The van der Waals surface area contributed by atoms with Gasteiger partial charge in [-0.1, -0.05) is 13.0 Å². The molecule has 0 spiro atoms. The van der Waals surface area contributed by atoms with E-state index in [2.05, 4.69) is 12.2 Å². The SMILES string of the molecule is CCc1ccc(OC)c(NC(=O)CC(C)N)c1. The highest BCUT2D eigenvalue weighted by atomic mass is 16.5. The predicted molar refractivity (Wildman–Crippen MR) is 69.3 cm³/mol. The van der Waals surface area contributed by atoms with Crippen LogP contribution in [-0.2, 0) is 11.2 Å². The summed E-state index contributed by atoms with van der Waals surface area (Å²) in [7, 11) is 1.59. The Kier molecular flexibility index (Phi) is 4.97. The molecule has 0 saturated carbocycles. The first-order valence-corrected chi connectivity index (χ1v) is 5.79. The minimum Gasteiger partial charge on any atom is -0.495 e. The lowest BCUT2D eigenvalue weighted by molar-refractivity contribution is -0.116. The fourth-order valence-electron chi connectivity index (χ4n) is 1.57. The van der Waals surface area contributed by atoms with Crippen molar-refractivity contribution >= 4 is 11.6 Å². The van der Waals surface area contributed by atoms with Crippen LogP contribution in [-0.4, -0.2) is 19.1 Å². The molecule has 0 aromatic heterocycles. The largest absolute Gasteiger partial charge is 0.495 e. The van der Waals surface area contributed by atoms with E-state index in [9.17, 15) is 4.79 Å². The summed E-state index contributed by atoms with van der Waals surface area (Å²) in [5.74, 6) is 0.576. The molecule has 1 unspecified atom stereocenters. The van der Waals surface area contributed by atoms with E-state index in [0.29, 0.717) is 17.9 Å². The van der Waals surface area contributed by atoms with Crippen LogP contribution >= 0.6 is 0 Å². The zero-order valence-corrected chi connectivity index (χ0v) is 10.6. The fourth-order valence-corrected chi connectivity index (χ4v) is 1.57. The maximum absolute atomic E-state index is 11.6. The first-order chi connectivity index (χ1) is 8.06. The van der Waals surface area contributed by atoms with E-state index in [-0.39, 0.29) is 11.9 Å². The van der Waals surface area contributed by atoms with Crippen LogP contribution in [0.5, 0.6) is 5.75 Å². The van der Waals surface area contributed by atoms with Crippen LogP contribution in [0.15, 0.2) is 18.2 Å². The number of benzene rings is 1. The number of nitrogens with one attached hydrogen (secondary N) is 1. The zero-order valence-electron chi connectivity index (χ0n) is 10.6. The zero-order chi connectivity index (χ0) is 12.8. The maximum atomic E-state index is 11.6. The van der Waals surface area contributed by atoms with Gasteiger partial charge in [0.05, 0.1) is 12.8 Å². The maximum Gasteiger partial charge on any atom is 0.226 e. The highest BCUT2D eigenvalue weighted by Crippen LogP contribution is 2.25. The van der Waals surface area contributed by atoms with E-state index in [4.69, 9.17) is 10.5 Å². The molecule has 3 N–H and O–H groups in total. The number of hydrogen-bond donors (Lipinski definition) is 2. The summed E-state index contributed by atoms with van der Waals surface area (Å²) in [6.45, 7) is 3.87. The van der Waals surface area contributed by atoms with Gasteiger partial charge in [-0.3, -0.25) is 4.79 Å². The van der Waals surface area contributed by atoms with Crippen molar-refractivity contribution in [1.29, 1.82) is 0 Å². The van der Waals surface area contributed by atoms with Gasteiger partial charge in [-0.05, 0) is 31.0 Å². The molecule has 0 aliphatic heterocycles. The summed E-state index contributed by atoms with van der Waals surface area (Å²) in [5, 5.41) is 2.82. The Hall–Kier alpha value is -1.55. The molecule has 4 heteroatoms. The molecule has 1 aromatic carbocycles. The molecule has 0 fully saturated rings. The lowest BCUT2D eigenvalue weighted by Crippen LogP contribution is -2.24. The van der Waals surface area contributed by atoms with Crippen molar-refractivity contribution in [3.63, 3.8) is 0 Å². The topological polar surface area (TPSA) is 64.3 Å². The summed E-state index contributed by atoms with van der Waals surface area (Å²) >= 11 is 0. The number of rotatable bonds is 5. The first kappa shape index (κ1) is 13.5. The average Bonchev–Trinajstić information content (AvgIpc) is 2.27. The molecule has 0 bridgehead atoms. The number of methoxy groups -OCH3 is 1. The van der Waals surface area contributed by atoms with Crippen molar-refractivity contribution in [2.24, 2.45) is 5.73 Å². The van der Waals surface area contributed by atoms with Gasteiger partial charge in [-0.2, -0.15) is 0 Å². The predicted octanol–water partition coefficient (Wildman–Crippen LogP) is 1.93. The molecule has 0 aliphatic carbocycles. The van der Waals surface area contributed by atoms with Gasteiger partial charge >= 0.3 is 0 Å². The average molecular weight is 236 g/mol. The van der Waals surface area contributed by atoms with Gasteiger partial charge in [0.15, 0.2) is 0 Å². The van der Waals surface area contributed by atoms with Crippen molar-refractivity contribution in [2.75, 3.05) is 12.4 Å². The Balaban J connectivity index is 2.83. The van der Waals surface area contributed by atoms with E-state index in [1.54, 1.807) is 14.0 Å². The van der Waals surface area contributed by atoms with Gasteiger partial charge in [0.1, 0.15) is 5.75 Å². The number of aryl methyl sites for hydroxylation is 1. The number of ether oxygens (including phenoxy) is 1. The molecular weight excluding hydrogens is 216 g/mol. The van der Waals surface area contributed by atoms with Crippen LogP contribution in [0.25, 0.3) is 0 Å². The van der Waals surface area contributed by atoms with Gasteiger partial charge in [0.25, 0.3) is 0 Å². The van der Waals surface area contributed by atoms with Crippen LogP contribution < -0.4 is 15.8 Å². The minimum atomic E-state index is -0.143. The molecule has 1 aromatic rings. The fraction of sp³-hybridized carbons (Fsp3) is 0.462. The van der Waals surface area contributed by atoms with E-state index >= 15 is 0 Å². The van der Waals surface area contributed by atoms with E-state index in [0.717, 1.165) is 12.0 Å². The number of nitrogens with two attached hydrogens (primary N) is 1. The van der Waals surface area contributed by atoms with Crippen molar-refractivity contribution < 1.29 is 9.53 Å². The minimum absolute atomic E-state index is 0.0912. The number of carbonyl (C=O) groups excluding carboxylic acids is 1. The molecule has 17 heavy (non-hydrogen) atoms. The van der Waals surface area contributed by atoms with Crippen molar-refractivity contribution in [1.82, 2.24) is 0 Å². The summed E-state index contributed by atoms with van der Waals surface area (Å²) < 4.78 is 5.20. The summed E-state index contributed by atoms with van der Waals surface area (Å²) in [6.07, 6.45) is 1.22. The van der Waals surface area contributed by atoms with Crippen LogP contribution in [0.1, 0.15) is 25.8 Å². The number of amides is 1. The second-order valence-corrected chi connectivity index (χ2v) is 4.12. The van der Waals surface area contributed by atoms with Crippen LogP contribution in [0, 0.1) is 0 Å². The quantitative estimate of drug-likeness (QED) is 0.821. The monoisotopic (exact) mass is 236 g/mol. The Bertz CT molecular complexity index is 389. The van der Waals surface area contributed by atoms with Gasteiger partial charge in [0.2, 0.25) is 5.91 Å². The third kappa shape index (κ3) is 4.07. The van der Waals surface area contributed by atoms with Crippen molar-refractivity contribution in [2.45, 2.75) is 32.7 Å².